The molecule has 0 saturated heterocycles. The van der Waals surface area contributed by atoms with Gasteiger partial charge in [-0.3, -0.25) is 0 Å². The lowest BCUT2D eigenvalue weighted by Gasteiger charge is -2.20. The minimum atomic E-state index is 0.122. The van der Waals surface area contributed by atoms with Gasteiger partial charge in [0.2, 0.25) is 0 Å². The molecule has 0 bridgehead atoms. The maximum absolute atomic E-state index is 4.86. The van der Waals surface area contributed by atoms with E-state index in [0.29, 0.717) is 0 Å². The maximum Gasteiger partial charge on any atom is 0.145 e. The second-order valence-electron chi connectivity index (χ2n) is 7.74. The predicted molar refractivity (Wildman–Crippen MR) is 117 cm³/mol. The SMILES string of the molecule is Cc1nn(-c2ccccc2)c2c1CNC(c1ccc(N(C)C)cc1)c1cccn1-2. The molecule has 5 heteroatoms. The van der Waals surface area contributed by atoms with Crippen LogP contribution in [0.25, 0.3) is 11.5 Å². The van der Waals surface area contributed by atoms with Crippen LogP contribution in [0.5, 0.6) is 0 Å². The van der Waals surface area contributed by atoms with Gasteiger partial charge in [-0.1, -0.05) is 30.3 Å². The molecule has 5 nitrogen and oxygen atoms in total. The third kappa shape index (κ3) is 2.95. The molecule has 0 aliphatic carbocycles. The monoisotopic (exact) mass is 383 g/mol. The van der Waals surface area contributed by atoms with Crippen molar-refractivity contribution in [1.29, 1.82) is 0 Å². The van der Waals surface area contributed by atoms with Crippen molar-refractivity contribution in [3.05, 3.63) is 95.4 Å². The van der Waals surface area contributed by atoms with E-state index in [1.54, 1.807) is 0 Å². The second kappa shape index (κ2) is 6.94. The zero-order valence-electron chi connectivity index (χ0n) is 17.0. The summed E-state index contributed by atoms with van der Waals surface area (Å²) in [5.41, 5.74) is 7.05. The average Bonchev–Trinajstić information content (AvgIpc) is 3.30. The van der Waals surface area contributed by atoms with E-state index in [0.717, 1.165) is 23.7 Å². The highest BCUT2D eigenvalue weighted by Crippen LogP contribution is 2.33. The largest absolute Gasteiger partial charge is 0.378 e. The number of aryl methyl sites for hydroxylation is 1. The molecule has 1 aliphatic heterocycles. The van der Waals surface area contributed by atoms with Crippen molar-refractivity contribution < 1.29 is 0 Å². The molecule has 0 saturated carbocycles. The zero-order valence-corrected chi connectivity index (χ0v) is 17.0. The summed E-state index contributed by atoms with van der Waals surface area (Å²) >= 11 is 0. The molecule has 4 aromatic rings. The fraction of sp³-hybridized carbons (Fsp3) is 0.208. The maximum atomic E-state index is 4.86. The fourth-order valence-electron chi connectivity index (χ4n) is 4.14. The van der Waals surface area contributed by atoms with Crippen LogP contribution in [0.15, 0.2) is 72.9 Å². The van der Waals surface area contributed by atoms with Gasteiger partial charge in [-0.2, -0.15) is 5.10 Å². The van der Waals surface area contributed by atoms with Crippen LogP contribution in [0.1, 0.15) is 28.6 Å². The minimum absolute atomic E-state index is 0.122. The molecule has 5 rings (SSSR count). The minimum Gasteiger partial charge on any atom is -0.378 e. The van der Waals surface area contributed by atoms with Crippen molar-refractivity contribution >= 4 is 5.69 Å². The van der Waals surface area contributed by atoms with Crippen LogP contribution in [-0.2, 0) is 6.54 Å². The first-order valence-electron chi connectivity index (χ1n) is 9.95. The lowest BCUT2D eigenvalue weighted by atomic mass is 10.0. The van der Waals surface area contributed by atoms with Crippen LogP contribution in [-0.4, -0.2) is 28.4 Å². The summed E-state index contributed by atoms with van der Waals surface area (Å²) in [5, 5.41) is 8.62. The number of fused-ring (bicyclic) bond motifs is 3. The van der Waals surface area contributed by atoms with Crippen molar-refractivity contribution in [3.63, 3.8) is 0 Å². The van der Waals surface area contributed by atoms with Gasteiger partial charge in [0.15, 0.2) is 0 Å². The molecule has 1 aliphatic rings. The van der Waals surface area contributed by atoms with E-state index in [1.165, 1.54) is 22.5 Å². The topological polar surface area (TPSA) is 38.0 Å². The summed E-state index contributed by atoms with van der Waals surface area (Å²) in [7, 11) is 4.14. The predicted octanol–water partition coefficient (Wildman–Crippen LogP) is 4.23. The van der Waals surface area contributed by atoms with Gasteiger partial charge >= 0.3 is 0 Å². The van der Waals surface area contributed by atoms with Crippen molar-refractivity contribution in [2.75, 3.05) is 19.0 Å². The Morgan fingerprint density at radius 2 is 1.72 bits per heavy atom. The van der Waals surface area contributed by atoms with E-state index < -0.39 is 0 Å². The Morgan fingerprint density at radius 1 is 0.966 bits per heavy atom. The van der Waals surface area contributed by atoms with Gasteiger partial charge in [-0.05, 0) is 48.9 Å². The van der Waals surface area contributed by atoms with E-state index in [-0.39, 0.29) is 6.04 Å². The molecule has 2 aromatic carbocycles. The number of aromatic nitrogens is 3. The van der Waals surface area contributed by atoms with E-state index >= 15 is 0 Å². The van der Waals surface area contributed by atoms with Crippen LogP contribution in [0.2, 0.25) is 0 Å². The molecule has 0 radical (unpaired) electrons. The lowest BCUT2D eigenvalue weighted by molar-refractivity contribution is 0.597. The zero-order chi connectivity index (χ0) is 20.0. The van der Waals surface area contributed by atoms with E-state index in [1.807, 2.05) is 6.07 Å². The molecule has 1 unspecified atom stereocenters. The number of nitrogens with one attached hydrogen (secondary N) is 1. The Bertz CT molecular complexity index is 1140. The number of rotatable bonds is 3. The summed E-state index contributed by atoms with van der Waals surface area (Å²) in [6, 6.07) is 23.6. The van der Waals surface area contributed by atoms with Crippen LogP contribution in [0.4, 0.5) is 5.69 Å². The molecule has 3 heterocycles. The summed E-state index contributed by atoms with van der Waals surface area (Å²) < 4.78 is 4.35. The first-order chi connectivity index (χ1) is 14.1. The molecule has 1 atom stereocenters. The molecule has 0 fully saturated rings. The summed E-state index contributed by atoms with van der Waals surface area (Å²) in [6.07, 6.45) is 2.14. The first-order valence-corrected chi connectivity index (χ1v) is 9.95. The van der Waals surface area contributed by atoms with Gasteiger partial charge < -0.3 is 14.8 Å². The number of benzene rings is 2. The van der Waals surface area contributed by atoms with Crippen molar-refractivity contribution in [2.45, 2.75) is 19.5 Å². The third-order valence-corrected chi connectivity index (χ3v) is 5.69. The van der Waals surface area contributed by atoms with Gasteiger partial charge in [-0.25, -0.2) is 4.68 Å². The average molecular weight is 383 g/mol. The Hall–Kier alpha value is -3.31. The van der Waals surface area contributed by atoms with Gasteiger partial charge in [0.05, 0.1) is 17.4 Å². The van der Waals surface area contributed by atoms with E-state index in [4.69, 9.17) is 5.10 Å². The molecular weight excluding hydrogens is 358 g/mol. The molecule has 29 heavy (non-hydrogen) atoms. The highest BCUT2D eigenvalue weighted by molar-refractivity contribution is 5.51. The van der Waals surface area contributed by atoms with Crippen LogP contribution >= 0.6 is 0 Å². The lowest BCUT2D eigenvalue weighted by Crippen LogP contribution is -2.22. The summed E-state index contributed by atoms with van der Waals surface area (Å²) in [6.45, 7) is 2.87. The number of anilines is 1. The second-order valence-corrected chi connectivity index (χ2v) is 7.74. The molecule has 0 amide bonds. The van der Waals surface area contributed by atoms with Crippen molar-refractivity contribution in [2.24, 2.45) is 0 Å². The smallest absolute Gasteiger partial charge is 0.145 e. The molecule has 146 valence electrons. The fourth-order valence-corrected chi connectivity index (χ4v) is 4.14. The molecular formula is C24H25N5. The number of para-hydroxylation sites is 1. The van der Waals surface area contributed by atoms with Gasteiger partial charge in [-0.15, -0.1) is 0 Å². The highest BCUT2D eigenvalue weighted by Gasteiger charge is 2.27. The Balaban J connectivity index is 1.63. The first kappa shape index (κ1) is 17.8. The van der Waals surface area contributed by atoms with Crippen LogP contribution in [0.3, 0.4) is 0 Å². The highest BCUT2D eigenvalue weighted by atomic mass is 15.4. The normalized spacial score (nSPS) is 15.5. The van der Waals surface area contributed by atoms with Crippen molar-refractivity contribution in [3.8, 4) is 11.5 Å². The van der Waals surface area contributed by atoms with E-state index in [2.05, 4.69) is 107 Å². The van der Waals surface area contributed by atoms with Gasteiger partial charge in [0, 0.05) is 43.8 Å². The van der Waals surface area contributed by atoms with Gasteiger partial charge in [0.25, 0.3) is 0 Å². The Labute approximate surface area is 171 Å². The Kier molecular flexibility index (Phi) is 4.25. The number of hydrogen-bond donors (Lipinski definition) is 1. The molecule has 1 N–H and O–H groups in total. The molecule has 0 spiro atoms. The number of hydrogen-bond acceptors (Lipinski definition) is 3. The Morgan fingerprint density at radius 3 is 2.45 bits per heavy atom. The number of nitrogens with zero attached hydrogens (tertiary/aromatic N) is 4. The van der Waals surface area contributed by atoms with Crippen LogP contribution < -0.4 is 10.2 Å². The van der Waals surface area contributed by atoms with Crippen molar-refractivity contribution in [1.82, 2.24) is 19.7 Å². The summed E-state index contributed by atoms with van der Waals surface area (Å²) in [4.78, 5) is 2.13. The van der Waals surface area contributed by atoms with Gasteiger partial charge in [0.1, 0.15) is 5.82 Å². The molecule has 2 aromatic heterocycles. The standard InChI is InChI=1S/C24H25N5/c1-17-21-16-25-23(18-11-13-19(14-12-18)27(2)3)22-10-7-15-28(22)24(21)29(26-17)20-8-5-4-6-9-20/h4-15,23,25H,16H2,1-3H3. The van der Waals surface area contributed by atoms with Crippen LogP contribution in [0, 0.1) is 6.92 Å². The quantitative estimate of drug-likeness (QED) is 0.575. The van der Waals surface area contributed by atoms with E-state index in [9.17, 15) is 0 Å². The summed E-state index contributed by atoms with van der Waals surface area (Å²) in [5.74, 6) is 1.12. The third-order valence-electron chi connectivity index (χ3n) is 5.69.